The number of hydrogen-bond donors (Lipinski definition) is 1. The minimum Gasteiger partial charge on any atom is -0.360 e. The predicted molar refractivity (Wildman–Crippen MR) is 73.3 cm³/mol. The molecule has 0 saturated heterocycles. The maximum atomic E-state index is 11.9. The zero-order valence-corrected chi connectivity index (χ0v) is 12.4. The Kier molecular flexibility index (Phi) is 4.78. The van der Waals surface area contributed by atoms with Crippen molar-refractivity contribution in [2.45, 2.75) is 32.1 Å². The van der Waals surface area contributed by atoms with Gasteiger partial charge < -0.3 is 14.4 Å². The molecule has 0 radical (unpaired) electrons. The van der Waals surface area contributed by atoms with E-state index in [4.69, 9.17) is 9.05 Å². The summed E-state index contributed by atoms with van der Waals surface area (Å²) >= 11 is 1.60. The van der Waals surface area contributed by atoms with E-state index in [1.807, 2.05) is 20.1 Å². The van der Waals surface area contributed by atoms with Crippen molar-refractivity contribution in [1.82, 2.24) is 20.6 Å². The molecule has 7 nitrogen and oxygen atoms in total. The summed E-state index contributed by atoms with van der Waals surface area (Å²) in [5, 5.41) is 10.2. The van der Waals surface area contributed by atoms with Gasteiger partial charge in [-0.15, -0.1) is 0 Å². The van der Waals surface area contributed by atoms with Crippen molar-refractivity contribution >= 4 is 17.7 Å². The molecule has 0 atom stereocenters. The lowest BCUT2D eigenvalue weighted by Crippen LogP contribution is -2.23. The summed E-state index contributed by atoms with van der Waals surface area (Å²) < 4.78 is 10.1. The van der Waals surface area contributed by atoms with Gasteiger partial charge in [0.2, 0.25) is 5.89 Å². The molecule has 0 bridgehead atoms. The Morgan fingerprint density at radius 3 is 2.85 bits per heavy atom. The SMILES string of the molecule is CSCc1noc(CNC(=O)c2cc(C(C)C)on2)n1. The van der Waals surface area contributed by atoms with Crippen LogP contribution in [0.2, 0.25) is 0 Å². The van der Waals surface area contributed by atoms with Crippen molar-refractivity contribution in [1.29, 1.82) is 0 Å². The smallest absolute Gasteiger partial charge is 0.273 e. The number of rotatable bonds is 6. The summed E-state index contributed by atoms with van der Waals surface area (Å²) in [5.74, 6) is 2.20. The number of amides is 1. The number of nitrogens with zero attached hydrogens (tertiary/aromatic N) is 3. The summed E-state index contributed by atoms with van der Waals surface area (Å²) in [5.41, 5.74) is 0.248. The molecule has 20 heavy (non-hydrogen) atoms. The summed E-state index contributed by atoms with van der Waals surface area (Å²) in [7, 11) is 0. The van der Waals surface area contributed by atoms with Gasteiger partial charge in [-0.2, -0.15) is 16.7 Å². The van der Waals surface area contributed by atoms with Gasteiger partial charge in [0.05, 0.1) is 12.3 Å². The fourth-order valence-electron chi connectivity index (χ4n) is 1.46. The molecule has 0 aliphatic carbocycles. The molecule has 1 amide bonds. The molecular weight excluding hydrogens is 280 g/mol. The predicted octanol–water partition coefficient (Wildman–Crippen LogP) is 1.97. The molecule has 0 unspecified atom stereocenters. The number of thioether (sulfide) groups is 1. The van der Waals surface area contributed by atoms with E-state index in [1.54, 1.807) is 17.8 Å². The summed E-state index contributed by atoms with van der Waals surface area (Å²) in [4.78, 5) is 16.0. The molecule has 0 aromatic carbocycles. The monoisotopic (exact) mass is 296 g/mol. The number of aromatic nitrogens is 3. The molecule has 108 valence electrons. The Labute approximate surface area is 120 Å². The second-order valence-electron chi connectivity index (χ2n) is 4.49. The largest absolute Gasteiger partial charge is 0.360 e. The Morgan fingerprint density at radius 2 is 2.20 bits per heavy atom. The minimum atomic E-state index is -0.328. The Bertz CT molecular complexity index is 579. The number of nitrogens with one attached hydrogen (secondary N) is 1. The van der Waals surface area contributed by atoms with E-state index < -0.39 is 0 Å². The van der Waals surface area contributed by atoms with Crippen LogP contribution in [0.1, 0.15) is 47.7 Å². The topological polar surface area (TPSA) is 94.1 Å². The van der Waals surface area contributed by atoms with Crippen molar-refractivity contribution in [3.8, 4) is 0 Å². The molecule has 0 aliphatic heterocycles. The first-order valence-electron chi connectivity index (χ1n) is 6.15. The van der Waals surface area contributed by atoms with Crippen molar-refractivity contribution in [3.63, 3.8) is 0 Å². The second kappa shape index (κ2) is 6.56. The van der Waals surface area contributed by atoms with E-state index >= 15 is 0 Å². The third-order valence-corrected chi connectivity index (χ3v) is 3.06. The highest BCUT2D eigenvalue weighted by Crippen LogP contribution is 2.15. The first-order valence-corrected chi connectivity index (χ1v) is 7.54. The third kappa shape index (κ3) is 3.60. The molecular formula is C12H16N4O3S. The summed E-state index contributed by atoms with van der Waals surface area (Å²) in [6, 6.07) is 1.63. The first kappa shape index (κ1) is 14.6. The van der Waals surface area contributed by atoms with Crippen LogP contribution < -0.4 is 5.32 Å². The lowest BCUT2D eigenvalue weighted by molar-refractivity contribution is 0.0937. The molecule has 1 N–H and O–H groups in total. The fraction of sp³-hybridized carbons (Fsp3) is 0.500. The van der Waals surface area contributed by atoms with Gasteiger partial charge in [-0.1, -0.05) is 24.2 Å². The van der Waals surface area contributed by atoms with Gasteiger partial charge in [-0.3, -0.25) is 4.79 Å². The van der Waals surface area contributed by atoms with Crippen LogP contribution in [0, 0.1) is 0 Å². The molecule has 2 aromatic rings. The molecule has 2 heterocycles. The third-order valence-electron chi connectivity index (χ3n) is 2.51. The lowest BCUT2D eigenvalue weighted by atomic mass is 10.1. The average Bonchev–Trinajstić information content (AvgIpc) is 3.05. The Balaban J connectivity index is 1.90. The van der Waals surface area contributed by atoms with Gasteiger partial charge in [-0.25, -0.2) is 0 Å². The van der Waals surface area contributed by atoms with E-state index in [9.17, 15) is 4.79 Å². The van der Waals surface area contributed by atoms with Gasteiger partial charge in [0.15, 0.2) is 11.5 Å². The maximum absolute atomic E-state index is 11.9. The van der Waals surface area contributed by atoms with Gasteiger partial charge in [0, 0.05) is 12.0 Å². The van der Waals surface area contributed by atoms with Crippen LogP contribution in [0.25, 0.3) is 0 Å². The van der Waals surface area contributed by atoms with Crippen molar-refractivity contribution in [2.75, 3.05) is 6.26 Å². The fourth-order valence-corrected chi connectivity index (χ4v) is 1.84. The van der Waals surface area contributed by atoms with E-state index in [-0.39, 0.29) is 24.1 Å². The highest BCUT2D eigenvalue weighted by atomic mass is 32.2. The van der Waals surface area contributed by atoms with Crippen LogP contribution in [0.4, 0.5) is 0 Å². The van der Waals surface area contributed by atoms with Crippen LogP contribution in [-0.2, 0) is 12.3 Å². The van der Waals surface area contributed by atoms with Crippen molar-refractivity contribution < 1.29 is 13.8 Å². The standard InChI is InChI=1S/C12H16N4O3S/c1-7(2)9-4-8(15-18-9)12(17)13-5-11-14-10(6-20-3)16-19-11/h4,7H,5-6H2,1-3H3,(H,13,17). The maximum Gasteiger partial charge on any atom is 0.273 e. The molecule has 0 spiro atoms. The van der Waals surface area contributed by atoms with Crippen LogP contribution in [0.15, 0.2) is 15.1 Å². The molecule has 2 aromatic heterocycles. The summed E-state index contributed by atoms with van der Waals surface area (Å²) in [6.45, 7) is 4.10. The van der Waals surface area contributed by atoms with Crippen LogP contribution >= 0.6 is 11.8 Å². The normalized spacial score (nSPS) is 11.0. The van der Waals surface area contributed by atoms with Crippen LogP contribution in [0.5, 0.6) is 0 Å². The summed E-state index contributed by atoms with van der Waals surface area (Å²) in [6.07, 6.45) is 1.95. The van der Waals surface area contributed by atoms with Crippen LogP contribution in [0.3, 0.4) is 0 Å². The second-order valence-corrected chi connectivity index (χ2v) is 5.36. The number of hydrogen-bond acceptors (Lipinski definition) is 7. The lowest BCUT2D eigenvalue weighted by Gasteiger charge is -1.97. The van der Waals surface area contributed by atoms with Crippen molar-refractivity contribution in [2.24, 2.45) is 0 Å². The van der Waals surface area contributed by atoms with Gasteiger partial charge in [-0.05, 0) is 6.26 Å². The van der Waals surface area contributed by atoms with Gasteiger partial charge >= 0.3 is 0 Å². The van der Waals surface area contributed by atoms with Crippen LogP contribution in [-0.4, -0.2) is 27.5 Å². The molecule has 8 heteroatoms. The van der Waals surface area contributed by atoms with E-state index in [1.165, 1.54) is 0 Å². The van der Waals surface area contributed by atoms with E-state index in [2.05, 4.69) is 20.6 Å². The van der Waals surface area contributed by atoms with E-state index in [0.29, 0.717) is 23.2 Å². The number of carbonyl (C=O) groups excluding carboxylic acids is 1. The first-order chi connectivity index (χ1) is 9.60. The Hall–Kier alpha value is -1.83. The minimum absolute atomic E-state index is 0.171. The molecule has 2 rings (SSSR count). The highest BCUT2D eigenvalue weighted by molar-refractivity contribution is 7.97. The van der Waals surface area contributed by atoms with Crippen molar-refractivity contribution in [3.05, 3.63) is 29.2 Å². The molecule has 0 fully saturated rings. The molecule has 0 saturated carbocycles. The molecule has 0 aliphatic rings. The highest BCUT2D eigenvalue weighted by Gasteiger charge is 2.15. The zero-order chi connectivity index (χ0) is 14.5. The average molecular weight is 296 g/mol. The quantitative estimate of drug-likeness (QED) is 0.870. The zero-order valence-electron chi connectivity index (χ0n) is 11.5. The van der Waals surface area contributed by atoms with E-state index in [0.717, 1.165) is 0 Å². The Morgan fingerprint density at radius 1 is 1.40 bits per heavy atom. The van der Waals surface area contributed by atoms with Gasteiger partial charge in [0.25, 0.3) is 5.91 Å². The number of carbonyl (C=O) groups is 1. The van der Waals surface area contributed by atoms with Gasteiger partial charge in [0.1, 0.15) is 5.76 Å².